The summed E-state index contributed by atoms with van der Waals surface area (Å²) in [5, 5.41) is 9.68. The Kier molecular flexibility index (Phi) is 5.57. The first kappa shape index (κ1) is 17.4. The van der Waals surface area contributed by atoms with Crippen LogP contribution in [-0.4, -0.2) is 41.2 Å². The van der Waals surface area contributed by atoms with Gasteiger partial charge in [0.05, 0.1) is 18.8 Å². The van der Waals surface area contributed by atoms with Gasteiger partial charge in [0.2, 0.25) is 5.91 Å². The molecule has 4 heteroatoms. The smallest absolute Gasteiger partial charge is 0.225 e. The summed E-state index contributed by atoms with van der Waals surface area (Å²) in [7, 11) is 0. The molecular formula is C20H29NO3. The summed E-state index contributed by atoms with van der Waals surface area (Å²) in [6.45, 7) is 5.61. The van der Waals surface area contributed by atoms with E-state index in [9.17, 15) is 9.90 Å². The molecule has 1 aliphatic carbocycles. The minimum Gasteiger partial charge on any atom is -0.393 e. The van der Waals surface area contributed by atoms with Gasteiger partial charge in [-0.25, -0.2) is 0 Å². The van der Waals surface area contributed by atoms with Crippen molar-refractivity contribution in [3.63, 3.8) is 0 Å². The Morgan fingerprint density at radius 3 is 2.42 bits per heavy atom. The summed E-state index contributed by atoms with van der Waals surface area (Å²) in [4.78, 5) is 15.0. The fourth-order valence-corrected chi connectivity index (χ4v) is 3.77. The molecule has 1 aromatic rings. The minimum atomic E-state index is -0.223. The predicted molar refractivity (Wildman–Crippen MR) is 93.4 cm³/mol. The lowest BCUT2D eigenvalue weighted by molar-refractivity contribution is -0.155. The van der Waals surface area contributed by atoms with Crippen LogP contribution in [-0.2, 0) is 9.53 Å². The normalized spacial score (nSPS) is 31.2. The minimum absolute atomic E-state index is 0.0505. The molecule has 1 aliphatic heterocycles. The Morgan fingerprint density at radius 2 is 1.79 bits per heavy atom. The van der Waals surface area contributed by atoms with E-state index in [1.54, 1.807) is 0 Å². The lowest BCUT2D eigenvalue weighted by Crippen LogP contribution is -2.50. The number of aliphatic hydroxyl groups excluding tert-OH is 1. The molecule has 1 N–H and O–H groups in total. The van der Waals surface area contributed by atoms with E-state index in [4.69, 9.17) is 4.74 Å². The highest BCUT2D eigenvalue weighted by Crippen LogP contribution is 2.31. The van der Waals surface area contributed by atoms with Crippen molar-refractivity contribution in [2.75, 3.05) is 13.1 Å². The fraction of sp³-hybridized carbons (Fsp3) is 0.650. The molecule has 0 bridgehead atoms. The van der Waals surface area contributed by atoms with Gasteiger partial charge in [0.1, 0.15) is 6.10 Å². The third-order valence-electron chi connectivity index (χ3n) is 5.40. The van der Waals surface area contributed by atoms with Crippen LogP contribution in [0, 0.1) is 11.8 Å². The number of ether oxygens (including phenoxy) is 1. The molecule has 1 amide bonds. The Bertz CT molecular complexity index is 537. The second kappa shape index (κ2) is 7.66. The summed E-state index contributed by atoms with van der Waals surface area (Å²) < 4.78 is 6.28. The summed E-state index contributed by atoms with van der Waals surface area (Å²) in [5.41, 5.74) is 1.14. The molecule has 2 atom stereocenters. The van der Waals surface area contributed by atoms with E-state index in [2.05, 4.69) is 26.0 Å². The molecule has 0 unspecified atom stereocenters. The lowest BCUT2D eigenvalue weighted by atomic mass is 9.86. The van der Waals surface area contributed by atoms with Gasteiger partial charge in [-0.15, -0.1) is 0 Å². The van der Waals surface area contributed by atoms with Crippen LogP contribution in [0.1, 0.15) is 51.2 Å². The largest absolute Gasteiger partial charge is 0.393 e. The molecule has 2 fully saturated rings. The molecule has 0 aromatic heterocycles. The van der Waals surface area contributed by atoms with Gasteiger partial charge in [-0.3, -0.25) is 4.79 Å². The zero-order valence-corrected chi connectivity index (χ0v) is 14.7. The van der Waals surface area contributed by atoms with Crippen LogP contribution >= 0.6 is 0 Å². The topological polar surface area (TPSA) is 49.8 Å². The Balaban J connectivity index is 1.73. The van der Waals surface area contributed by atoms with E-state index in [-0.39, 0.29) is 30.1 Å². The predicted octanol–water partition coefficient (Wildman–Crippen LogP) is 3.16. The van der Waals surface area contributed by atoms with Crippen molar-refractivity contribution in [2.24, 2.45) is 11.8 Å². The van der Waals surface area contributed by atoms with Crippen LogP contribution in [0.5, 0.6) is 0 Å². The molecule has 0 radical (unpaired) electrons. The SMILES string of the molecule is CC(C)[C@H]1CN(C(=O)C2CCC(O)CC2)C[C@@H](c2ccccc2)O1. The van der Waals surface area contributed by atoms with Crippen molar-refractivity contribution >= 4 is 5.91 Å². The molecule has 1 saturated heterocycles. The van der Waals surface area contributed by atoms with Gasteiger partial charge in [-0.2, -0.15) is 0 Å². The van der Waals surface area contributed by atoms with Gasteiger partial charge in [-0.1, -0.05) is 44.2 Å². The average Bonchev–Trinajstić information content (AvgIpc) is 2.62. The van der Waals surface area contributed by atoms with Crippen molar-refractivity contribution in [1.29, 1.82) is 0 Å². The highest BCUT2D eigenvalue weighted by atomic mass is 16.5. The monoisotopic (exact) mass is 331 g/mol. The quantitative estimate of drug-likeness (QED) is 0.925. The molecule has 1 aromatic carbocycles. The van der Waals surface area contributed by atoms with E-state index in [1.165, 1.54) is 0 Å². The summed E-state index contributed by atoms with van der Waals surface area (Å²) in [6.07, 6.45) is 2.90. The van der Waals surface area contributed by atoms with Crippen molar-refractivity contribution in [1.82, 2.24) is 4.90 Å². The van der Waals surface area contributed by atoms with Gasteiger partial charge in [0.15, 0.2) is 0 Å². The second-order valence-corrected chi connectivity index (χ2v) is 7.57. The molecule has 3 rings (SSSR count). The lowest BCUT2D eigenvalue weighted by Gasteiger charge is -2.41. The van der Waals surface area contributed by atoms with E-state index in [0.29, 0.717) is 19.0 Å². The molecule has 24 heavy (non-hydrogen) atoms. The van der Waals surface area contributed by atoms with E-state index in [1.807, 2.05) is 23.1 Å². The van der Waals surface area contributed by atoms with Gasteiger partial charge in [-0.05, 0) is 37.2 Å². The molecule has 132 valence electrons. The zero-order chi connectivity index (χ0) is 17.1. The van der Waals surface area contributed by atoms with E-state index < -0.39 is 0 Å². The third kappa shape index (κ3) is 3.98. The van der Waals surface area contributed by atoms with Crippen molar-refractivity contribution in [3.05, 3.63) is 35.9 Å². The maximum atomic E-state index is 13.0. The summed E-state index contributed by atoms with van der Waals surface area (Å²) in [5.74, 6) is 0.688. The van der Waals surface area contributed by atoms with Crippen LogP contribution in [0.25, 0.3) is 0 Å². The number of amides is 1. The number of morpholine rings is 1. The first-order valence-corrected chi connectivity index (χ1v) is 9.22. The maximum Gasteiger partial charge on any atom is 0.225 e. The maximum absolute atomic E-state index is 13.0. The molecule has 2 aliphatic rings. The standard InChI is InChI=1S/C20H29NO3/c1-14(2)18-12-21(20(23)16-8-10-17(22)11-9-16)13-19(24-18)15-6-4-3-5-7-15/h3-7,14,16-19,22H,8-13H2,1-2H3/t16?,17?,18-,19+/m1/s1. The Hall–Kier alpha value is -1.39. The van der Waals surface area contributed by atoms with Crippen molar-refractivity contribution < 1.29 is 14.6 Å². The van der Waals surface area contributed by atoms with Gasteiger partial charge >= 0.3 is 0 Å². The van der Waals surface area contributed by atoms with E-state index in [0.717, 1.165) is 31.2 Å². The fourth-order valence-electron chi connectivity index (χ4n) is 3.77. The molecule has 1 heterocycles. The van der Waals surface area contributed by atoms with E-state index >= 15 is 0 Å². The van der Waals surface area contributed by atoms with Crippen LogP contribution in [0.4, 0.5) is 0 Å². The number of carbonyl (C=O) groups is 1. The first-order chi connectivity index (χ1) is 11.5. The second-order valence-electron chi connectivity index (χ2n) is 7.57. The third-order valence-corrected chi connectivity index (χ3v) is 5.40. The summed E-state index contributed by atoms with van der Waals surface area (Å²) >= 11 is 0. The van der Waals surface area contributed by atoms with Crippen LogP contribution in [0.2, 0.25) is 0 Å². The number of benzene rings is 1. The van der Waals surface area contributed by atoms with Crippen molar-refractivity contribution in [2.45, 2.75) is 57.8 Å². The first-order valence-electron chi connectivity index (χ1n) is 9.22. The number of hydrogen-bond acceptors (Lipinski definition) is 3. The van der Waals surface area contributed by atoms with Gasteiger partial charge < -0.3 is 14.7 Å². The number of hydrogen-bond donors (Lipinski definition) is 1. The van der Waals surface area contributed by atoms with Crippen LogP contribution in [0.15, 0.2) is 30.3 Å². The molecule has 0 spiro atoms. The summed E-state index contributed by atoms with van der Waals surface area (Å²) in [6, 6.07) is 10.2. The highest BCUT2D eigenvalue weighted by molar-refractivity contribution is 5.79. The number of rotatable bonds is 3. The Labute approximate surface area is 144 Å². The number of nitrogens with zero attached hydrogens (tertiary/aromatic N) is 1. The molecular weight excluding hydrogens is 302 g/mol. The van der Waals surface area contributed by atoms with Crippen molar-refractivity contribution in [3.8, 4) is 0 Å². The van der Waals surface area contributed by atoms with Crippen LogP contribution in [0.3, 0.4) is 0 Å². The van der Waals surface area contributed by atoms with Gasteiger partial charge in [0, 0.05) is 12.5 Å². The number of aliphatic hydroxyl groups is 1. The zero-order valence-electron chi connectivity index (χ0n) is 14.7. The molecule has 1 saturated carbocycles. The van der Waals surface area contributed by atoms with Crippen LogP contribution < -0.4 is 0 Å². The Morgan fingerprint density at radius 1 is 1.12 bits per heavy atom. The average molecular weight is 331 g/mol. The molecule has 4 nitrogen and oxygen atoms in total. The highest BCUT2D eigenvalue weighted by Gasteiger charge is 2.36. The van der Waals surface area contributed by atoms with Gasteiger partial charge in [0.25, 0.3) is 0 Å². The number of carbonyl (C=O) groups excluding carboxylic acids is 1.